The predicted octanol–water partition coefficient (Wildman–Crippen LogP) is 4.02. The van der Waals surface area contributed by atoms with Crippen LogP contribution in [0, 0.1) is 6.92 Å². The Morgan fingerprint density at radius 2 is 2.03 bits per heavy atom. The Morgan fingerprint density at radius 3 is 2.78 bits per heavy atom. The lowest BCUT2D eigenvalue weighted by molar-refractivity contribution is -0.847. The molecule has 1 aromatic carbocycles. The number of pyridine rings is 1. The summed E-state index contributed by atoms with van der Waals surface area (Å²) >= 11 is 6.07. The fraction of sp³-hybridized carbons (Fsp3) is 0.364. The second-order valence-electron chi connectivity index (χ2n) is 8.76. The number of fused-ring (bicyclic) bond motifs is 1. The minimum absolute atomic E-state index is 0.0656. The van der Waals surface area contributed by atoms with Gasteiger partial charge in [0.05, 0.1) is 16.1 Å². The number of piperazine rings is 2. The number of carbonyl (C=O) groups is 1. The summed E-state index contributed by atoms with van der Waals surface area (Å²) in [6.07, 6.45) is -1.30. The fourth-order valence-electron chi connectivity index (χ4n) is 5.81. The predicted molar refractivity (Wildman–Crippen MR) is 111 cm³/mol. The normalized spacial score (nSPS) is 29.9. The van der Waals surface area contributed by atoms with Crippen molar-refractivity contribution in [3.05, 3.63) is 63.9 Å². The molecule has 1 spiro atoms. The minimum atomic E-state index is -4.63. The van der Waals surface area contributed by atoms with Gasteiger partial charge in [-0.3, -0.25) is 4.79 Å². The summed E-state index contributed by atoms with van der Waals surface area (Å²) < 4.78 is 40.5. The Morgan fingerprint density at radius 1 is 1.22 bits per heavy atom. The van der Waals surface area contributed by atoms with Gasteiger partial charge in [-0.15, -0.1) is 0 Å². The summed E-state index contributed by atoms with van der Waals surface area (Å²) in [6.45, 7) is 2.58. The van der Waals surface area contributed by atoms with Crippen LogP contribution in [-0.2, 0) is 6.18 Å². The molecule has 5 aliphatic heterocycles. The van der Waals surface area contributed by atoms with Crippen molar-refractivity contribution in [1.82, 2.24) is 9.88 Å². The molecule has 164 valence electrons. The van der Waals surface area contributed by atoms with E-state index < -0.39 is 22.7 Å². The number of amidine groups is 2. The van der Waals surface area contributed by atoms with E-state index in [0.717, 1.165) is 35.4 Å². The smallest absolute Gasteiger partial charge is 0.310 e. The van der Waals surface area contributed by atoms with Crippen molar-refractivity contribution in [2.75, 3.05) is 6.54 Å². The number of rotatable bonds is 2. The number of aryl methyl sites for hydroxylation is 1. The summed E-state index contributed by atoms with van der Waals surface area (Å²) in [5.41, 5.74) is 0.715. The lowest BCUT2D eigenvalue weighted by atomic mass is 9.72. The van der Waals surface area contributed by atoms with Gasteiger partial charge in [-0.2, -0.15) is 13.2 Å². The van der Waals surface area contributed by atoms with Gasteiger partial charge in [0.2, 0.25) is 0 Å². The third kappa shape index (κ3) is 2.40. The quantitative estimate of drug-likeness (QED) is 0.635. The summed E-state index contributed by atoms with van der Waals surface area (Å²) in [4.78, 5) is 19.6. The number of aromatic nitrogens is 1. The summed E-state index contributed by atoms with van der Waals surface area (Å²) in [5.74, 6) is 1.08. The van der Waals surface area contributed by atoms with Crippen LogP contribution < -0.4 is 0 Å². The first kappa shape index (κ1) is 19.9. The first-order valence-electron chi connectivity index (χ1n) is 10.4. The Bertz CT molecular complexity index is 1240. The van der Waals surface area contributed by atoms with E-state index in [0.29, 0.717) is 17.4 Å². The summed E-state index contributed by atoms with van der Waals surface area (Å²) in [5, 5.41) is 8.39. The molecule has 4 unspecified atom stereocenters. The number of carbonyl (C=O) groups excluding carboxylic acids is 1. The lowest BCUT2D eigenvalue weighted by Crippen LogP contribution is -2.90. The van der Waals surface area contributed by atoms with Gasteiger partial charge in [0.1, 0.15) is 30.4 Å². The van der Waals surface area contributed by atoms with Gasteiger partial charge in [-0.05, 0) is 43.2 Å². The third-order valence-electron chi connectivity index (χ3n) is 7.16. The molecule has 4 saturated heterocycles. The van der Waals surface area contributed by atoms with E-state index in [-0.39, 0.29) is 23.7 Å². The number of halogens is 4. The average molecular weight is 461 g/mol. The van der Waals surface area contributed by atoms with Gasteiger partial charge in [0.25, 0.3) is 17.6 Å². The van der Waals surface area contributed by atoms with E-state index in [1.54, 1.807) is 11.1 Å². The Hall–Kier alpha value is -2.78. The van der Waals surface area contributed by atoms with Crippen LogP contribution in [0.2, 0.25) is 5.02 Å². The molecule has 2 aromatic rings. The number of amides is 1. The number of hydrogen-bond acceptors (Lipinski definition) is 4. The van der Waals surface area contributed by atoms with Crippen LogP contribution in [0.15, 0.2) is 46.7 Å². The molecular formula is C22H18ClF3N5O+. The monoisotopic (exact) mass is 460 g/mol. The highest BCUT2D eigenvalue weighted by Crippen LogP contribution is 2.52. The zero-order chi connectivity index (χ0) is 22.4. The van der Waals surface area contributed by atoms with E-state index in [1.165, 1.54) is 12.1 Å². The highest BCUT2D eigenvalue weighted by Gasteiger charge is 2.75. The Kier molecular flexibility index (Phi) is 3.97. The maximum Gasteiger partial charge on any atom is 0.417 e. The van der Waals surface area contributed by atoms with Crippen LogP contribution >= 0.6 is 11.6 Å². The van der Waals surface area contributed by atoms with E-state index >= 15 is 0 Å². The van der Waals surface area contributed by atoms with Crippen molar-refractivity contribution < 1.29 is 22.4 Å². The van der Waals surface area contributed by atoms with E-state index in [9.17, 15) is 18.0 Å². The van der Waals surface area contributed by atoms with E-state index in [4.69, 9.17) is 11.6 Å². The number of quaternary nitrogens is 1. The van der Waals surface area contributed by atoms with Gasteiger partial charge in [0, 0.05) is 12.6 Å². The molecule has 7 rings (SSSR count). The second-order valence-corrected chi connectivity index (χ2v) is 9.13. The van der Waals surface area contributed by atoms with Crippen LogP contribution in [0.4, 0.5) is 13.2 Å². The molecule has 4 bridgehead atoms. The van der Waals surface area contributed by atoms with Gasteiger partial charge < -0.3 is 4.90 Å². The van der Waals surface area contributed by atoms with E-state index in [1.807, 2.05) is 19.1 Å². The number of nitrogens with zero attached hydrogens (tertiary/aromatic N) is 5. The number of hydrogen-bond donors (Lipinski definition) is 0. The second kappa shape index (κ2) is 6.39. The van der Waals surface area contributed by atoms with Crippen molar-refractivity contribution in [3.63, 3.8) is 0 Å². The molecule has 1 aromatic heterocycles. The molecule has 10 heteroatoms. The van der Waals surface area contributed by atoms with E-state index in [2.05, 4.69) is 15.2 Å². The average Bonchev–Trinajstić information content (AvgIpc) is 3.16. The topological polar surface area (TPSA) is 57.9 Å². The highest BCUT2D eigenvalue weighted by molar-refractivity contribution is 6.34. The molecule has 5 aliphatic rings. The first-order valence-corrected chi connectivity index (χ1v) is 10.8. The molecule has 6 heterocycles. The molecule has 0 radical (unpaired) electrons. The zero-order valence-electron chi connectivity index (χ0n) is 17.0. The molecular weight excluding hydrogens is 443 g/mol. The maximum absolute atomic E-state index is 13.5. The molecule has 4 fully saturated rings. The van der Waals surface area contributed by atoms with Crippen molar-refractivity contribution in [3.8, 4) is 0 Å². The number of piperidine rings is 2. The third-order valence-corrected chi connectivity index (χ3v) is 7.57. The van der Waals surface area contributed by atoms with Crippen molar-refractivity contribution in [2.45, 2.75) is 44.1 Å². The molecule has 0 saturated carbocycles. The van der Waals surface area contributed by atoms with Crippen molar-refractivity contribution in [2.24, 2.45) is 10.2 Å². The van der Waals surface area contributed by atoms with Crippen LogP contribution in [-0.4, -0.2) is 56.6 Å². The van der Waals surface area contributed by atoms with Gasteiger partial charge in [-0.1, -0.05) is 27.9 Å². The maximum atomic E-state index is 13.5. The van der Waals surface area contributed by atoms with Gasteiger partial charge in [-0.25, -0.2) is 9.47 Å². The Labute approximate surface area is 186 Å². The standard InChI is InChI=1S/C22H18ClF3N5O/c1-11-7-8-27-14(9-11)19-28-29-20-15-5-6-17-16(10-31(17,19)20)30(15)21(32)12-3-2-4-13(18(12)23)22(24,25)26/h2-4,7-9,15-17H,5-6,10H2,1H3/q+1. The largest absolute Gasteiger partial charge is 0.417 e. The summed E-state index contributed by atoms with van der Waals surface area (Å²) in [6, 6.07) is 7.02. The zero-order valence-corrected chi connectivity index (χ0v) is 17.7. The van der Waals surface area contributed by atoms with Crippen molar-refractivity contribution in [1.29, 1.82) is 0 Å². The molecule has 0 aliphatic carbocycles. The van der Waals surface area contributed by atoms with Crippen LogP contribution in [0.3, 0.4) is 0 Å². The molecule has 1 amide bonds. The lowest BCUT2D eigenvalue weighted by Gasteiger charge is -2.66. The van der Waals surface area contributed by atoms with Gasteiger partial charge >= 0.3 is 6.18 Å². The molecule has 4 atom stereocenters. The minimum Gasteiger partial charge on any atom is -0.310 e. The SMILES string of the molecule is Cc1ccnc(C2=NN=C3C4CCC5C(C[N+]235)N4C(=O)c2cccc(C(F)(F)F)c2Cl)c1. The van der Waals surface area contributed by atoms with Crippen LogP contribution in [0.5, 0.6) is 0 Å². The first-order chi connectivity index (χ1) is 15.2. The van der Waals surface area contributed by atoms with Crippen LogP contribution in [0.1, 0.15) is 40.0 Å². The Balaban J connectivity index is 1.36. The van der Waals surface area contributed by atoms with Gasteiger partial charge in [0.15, 0.2) is 0 Å². The summed E-state index contributed by atoms with van der Waals surface area (Å²) in [7, 11) is 0. The highest BCUT2D eigenvalue weighted by atomic mass is 35.5. The molecule has 6 nitrogen and oxygen atoms in total. The molecule has 0 N–H and O–H groups in total. The van der Waals surface area contributed by atoms with Crippen molar-refractivity contribution >= 4 is 29.2 Å². The van der Waals surface area contributed by atoms with Crippen LogP contribution in [0.25, 0.3) is 0 Å². The molecule has 32 heavy (non-hydrogen) atoms. The number of alkyl halides is 3. The fourth-order valence-corrected chi connectivity index (χ4v) is 6.13. The number of benzene rings is 1.